The fourth-order valence-electron chi connectivity index (χ4n) is 2.58. The molecule has 0 heterocycles. The molecule has 1 amide bonds. The van der Waals surface area contributed by atoms with Crippen LogP contribution in [-0.2, 0) is 24.2 Å². The van der Waals surface area contributed by atoms with Gasteiger partial charge in [-0.3, -0.25) is 9.59 Å². The maximum atomic E-state index is 12.9. The largest absolute Gasteiger partial charge is 0.453 e. The van der Waals surface area contributed by atoms with E-state index in [9.17, 15) is 22.4 Å². The average Bonchev–Trinajstić information content (AvgIpc) is 2.71. The van der Waals surface area contributed by atoms with Crippen molar-refractivity contribution in [3.05, 3.63) is 66.0 Å². The van der Waals surface area contributed by atoms with Gasteiger partial charge in [-0.05, 0) is 42.7 Å². The summed E-state index contributed by atoms with van der Waals surface area (Å²) in [5, 5.41) is 2.72. The summed E-state index contributed by atoms with van der Waals surface area (Å²) in [6.07, 6.45) is -1.45. The van der Waals surface area contributed by atoms with E-state index in [0.29, 0.717) is 6.54 Å². The first-order valence-electron chi connectivity index (χ1n) is 9.19. The van der Waals surface area contributed by atoms with Gasteiger partial charge in [0.25, 0.3) is 5.91 Å². The van der Waals surface area contributed by atoms with Gasteiger partial charge in [-0.1, -0.05) is 37.3 Å². The number of hydrogen-bond donors (Lipinski definition) is 1. The third-order valence-corrected chi connectivity index (χ3v) is 6.11. The van der Waals surface area contributed by atoms with E-state index in [1.165, 1.54) is 6.92 Å². The molecule has 0 aliphatic rings. The van der Waals surface area contributed by atoms with Gasteiger partial charge in [-0.25, -0.2) is 12.8 Å². The molecular weight excluding hydrogens is 397 g/mol. The third kappa shape index (κ3) is 6.98. The van der Waals surface area contributed by atoms with Crippen LogP contribution in [0.4, 0.5) is 4.39 Å². The van der Waals surface area contributed by atoms with Crippen LogP contribution < -0.4 is 5.32 Å². The molecule has 0 radical (unpaired) electrons. The maximum absolute atomic E-state index is 12.9. The zero-order chi connectivity index (χ0) is 21.4. The van der Waals surface area contributed by atoms with Gasteiger partial charge in [0.1, 0.15) is 5.82 Å². The maximum Gasteiger partial charge on any atom is 0.307 e. The predicted octanol–water partition coefficient (Wildman–Crippen LogP) is 2.84. The standard InChI is InChI=1S/C21H24FNO5S/c1-15(17-6-4-3-5-7-17)14-23-21(25)16(2)28-20(24)12-13-29(26,27)19-10-8-18(22)9-11-19/h3-11,15-16H,12-14H2,1-2H3,(H,23,25)/t15-,16-/m0/s1. The Kier molecular flexibility index (Phi) is 7.90. The Balaban J connectivity index is 1.79. The van der Waals surface area contributed by atoms with Gasteiger partial charge in [-0.2, -0.15) is 0 Å². The van der Waals surface area contributed by atoms with Crippen LogP contribution in [0.2, 0.25) is 0 Å². The SMILES string of the molecule is C[C@H](OC(=O)CCS(=O)(=O)c1ccc(F)cc1)C(=O)NC[C@H](C)c1ccccc1. The molecule has 29 heavy (non-hydrogen) atoms. The minimum atomic E-state index is -3.75. The summed E-state index contributed by atoms with van der Waals surface area (Å²) in [6, 6.07) is 14.0. The number of hydrogen-bond acceptors (Lipinski definition) is 5. The summed E-state index contributed by atoms with van der Waals surface area (Å²) in [4.78, 5) is 24.0. The van der Waals surface area contributed by atoms with Crippen LogP contribution in [0, 0.1) is 5.82 Å². The summed E-state index contributed by atoms with van der Waals surface area (Å²) in [5.41, 5.74) is 1.07. The number of rotatable bonds is 9. The smallest absolute Gasteiger partial charge is 0.307 e. The predicted molar refractivity (Wildman–Crippen MR) is 106 cm³/mol. The molecule has 2 aromatic rings. The number of halogens is 1. The van der Waals surface area contributed by atoms with E-state index >= 15 is 0 Å². The highest BCUT2D eigenvalue weighted by Gasteiger charge is 2.21. The van der Waals surface area contributed by atoms with Crippen LogP contribution in [0.5, 0.6) is 0 Å². The Morgan fingerprint density at radius 2 is 1.66 bits per heavy atom. The molecule has 0 spiro atoms. The molecule has 2 aromatic carbocycles. The van der Waals surface area contributed by atoms with Crippen molar-refractivity contribution in [2.45, 2.75) is 37.2 Å². The van der Waals surface area contributed by atoms with Gasteiger partial charge >= 0.3 is 5.97 Å². The van der Waals surface area contributed by atoms with Gasteiger partial charge < -0.3 is 10.1 Å². The summed E-state index contributed by atoms with van der Waals surface area (Å²) in [7, 11) is -3.75. The number of esters is 1. The molecule has 0 bridgehead atoms. The monoisotopic (exact) mass is 421 g/mol. The highest BCUT2D eigenvalue weighted by molar-refractivity contribution is 7.91. The fourth-order valence-corrected chi connectivity index (χ4v) is 3.81. The van der Waals surface area contributed by atoms with Crippen LogP contribution in [0.3, 0.4) is 0 Å². The molecule has 8 heteroatoms. The zero-order valence-electron chi connectivity index (χ0n) is 16.3. The van der Waals surface area contributed by atoms with Crippen molar-refractivity contribution >= 4 is 21.7 Å². The summed E-state index contributed by atoms with van der Waals surface area (Å²) < 4.78 is 42.3. The highest BCUT2D eigenvalue weighted by Crippen LogP contribution is 2.14. The highest BCUT2D eigenvalue weighted by atomic mass is 32.2. The molecule has 0 aliphatic heterocycles. The first kappa shape index (κ1) is 22.5. The molecule has 1 N–H and O–H groups in total. The quantitative estimate of drug-likeness (QED) is 0.497. The van der Waals surface area contributed by atoms with E-state index < -0.39 is 45.8 Å². The summed E-state index contributed by atoms with van der Waals surface area (Å²) in [5.74, 6) is -2.21. The average molecular weight is 421 g/mol. The lowest BCUT2D eigenvalue weighted by molar-refractivity contribution is -0.154. The molecule has 0 aliphatic carbocycles. The second-order valence-electron chi connectivity index (χ2n) is 6.71. The van der Waals surface area contributed by atoms with Crippen LogP contribution >= 0.6 is 0 Å². The van der Waals surface area contributed by atoms with E-state index in [1.54, 1.807) is 0 Å². The number of amides is 1. The van der Waals surface area contributed by atoms with Gasteiger partial charge in [0, 0.05) is 6.54 Å². The Bertz CT molecular complexity index is 929. The lowest BCUT2D eigenvalue weighted by Crippen LogP contribution is -2.37. The second-order valence-corrected chi connectivity index (χ2v) is 8.82. The minimum Gasteiger partial charge on any atom is -0.453 e. The van der Waals surface area contributed by atoms with Crippen LogP contribution in [-0.4, -0.2) is 38.7 Å². The van der Waals surface area contributed by atoms with Crippen molar-refractivity contribution in [3.8, 4) is 0 Å². The number of sulfone groups is 1. The fraction of sp³-hybridized carbons (Fsp3) is 0.333. The number of nitrogens with one attached hydrogen (secondary N) is 1. The second kappa shape index (κ2) is 10.2. The number of ether oxygens (including phenoxy) is 1. The summed E-state index contributed by atoms with van der Waals surface area (Å²) >= 11 is 0. The van der Waals surface area contributed by atoms with Crippen LogP contribution in [0.25, 0.3) is 0 Å². The Hall–Kier alpha value is -2.74. The van der Waals surface area contributed by atoms with Crippen molar-refractivity contribution in [2.75, 3.05) is 12.3 Å². The van der Waals surface area contributed by atoms with Crippen molar-refractivity contribution in [3.63, 3.8) is 0 Å². The van der Waals surface area contributed by atoms with Crippen molar-refractivity contribution in [1.82, 2.24) is 5.32 Å². The van der Waals surface area contributed by atoms with Crippen molar-refractivity contribution < 1.29 is 27.1 Å². The number of benzene rings is 2. The third-order valence-electron chi connectivity index (χ3n) is 4.38. The first-order valence-corrected chi connectivity index (χ1v) is 10.8. The first-order chi connectivity index (χ1) is 13.7. The Morgan fingerprint density at radius 1 is 1.03 bits per heavy atom. The van der Waals surface area contributed by atoms with Crippen molar-refractivity contribution in [2.24, 2.45) is 0 Å². The van der Waals surface area contributed by atoms with Gasteiger partial charge in [-0.15, -0.1) is 0 Å². The van der Waals surface area contributed by atoms with E-state index in [-0.39, 0.29) is 10.8 Å². The topological polar surface area (TPSA) is 89.5 Å². The molecule has 2 atom stereocenters. The normalized spacial score (nSPS) is 13.3. The minimum absolute atomic E-state index is 0.0765. The van der Waals surface area contributed by atoms with Gasteiger partial charge in [0.2, 0.25) is 0 Å². The molecule has 0 saturated heterocycles. The van der Waals surface area contributed by atoms with E-state index in [1.807, 2.05) is 37.3 Å². The van der Waals surface area contributed by atoms with E-state index in [0.717, 1.165) is 29.8 Å². The lowest BCUT2D eigenvalue weighted by atomic mass is 10.0. The molecular formula is C21H24FNO5S. The molecule has 0 saturated carbocycles. The van der Waals surface area contributed by atoms with E-state index in [2.05, 4.69) is 5.32 Å². The summed E-state index contributed by atoms with van der Waals surface area (Å²) in [6.45, 7) is 3.77. The Morgan fingerprint density at radius 3 is 2.28 bits per heavy atom. The van der Waals surface area contributed by atoms with E-state index in [4.69, 9.17) is 4.74 Å². The molecule has 0 unspecified atom stereocenters. The Labute approximate surface area is 170 Å². The van der Waals surface area contributed by atoms with Gasteiger partial charge in [0.05, 0.1) is 17.1 Å². The number of carbonyl (C=O) groups excluding carboxylic acids is 2. The number of carbonyl (C=O) groups is 2. The molecule has 0 fully saturated rings. The lowest BCUT2D eigenvalue weighted by Gasteiger charge is -2.16. The van der Waals surface area contributed by atoms with Crippen LogP contribution in [0.15, 0.2) is 59.5 Å². The molecule has 6 nitrogen and oxygen atoms in total. The molecule has 0 aromatic heterocycles. The van der Waals surface area contributed by atoms with Gasteiger partial charge in [0.15, 0.2) is 15.9 Å². The molecule has 156 valence electrons. The van der Waals surface area contributed by atoms with Crippen LogP contribution in [0.1, 0.15) is 31.7 Å². The molecule has 2 rings (SSSR count). The van der Waals surface area contributed by atoms with Crippen molar-refractivity contribution in [1.29, 1.82) is 0 Å². The zero-order valence-corrected chi connectivity index (χ0v) is 17.1.